The smallest absolute Gasteiger partial charge is 0.0559 e. The highest BCUT2D eigenvalue weighted by molar-refractivity contribution is 4.54. The molecular formula is C9H21NO. The quantitative estimate of drug-likeness (QED) is 0.585. The number of hydrogen-bond acceptors (Lipinski definition) is 2. The van der Waals surface area contributed by atoms with Crippen LogP contribution in [-0.4, -0.2) is 37.7 Å². The molecule has 0 aromatic carbocycles. The molecule has 1 unspecified atom stereocenters. The van der Waals surface area contributed by atoms with Gasteiger partial charge in [0.1, 0.15) is 0 Å². The van der Waals surface area contributed by atoms with Crippen LogP contribution in [0.1, 0.15) is 27.2 Å². The van der Waals surface area contributed by atoms with Crippen LogP contribution in [0.2, 0.25) is 0 Å². The molecule has 0 rings (SSSR count). The van der Waals surface area contributed by atoms with Gasteiger partial charge in [0.2, 0.25) is 0 Å². The molecule has 0 radical (unpaired) electrons. The highest BCUT2D eigenvalue weighted by Gasteiger charge is 2.01. The van der Waals surface area contributed by atoms with E-state index in [0.717, 1.165) is 26.1 Å². The summed E-state index contributed by atoms with van der Waals surface area (Å²) in [6, 6.07) is 0. The van der Waals surface area contributed by atoms with Crippen molar-refractivity contribution in [2.75, 3.05) is 26.7 Å². The zero-order valence-electron chi connectivity index (χ0n) is 8.26. The molecule has 68 valence electrons. The predicted octanol–water partition coefficient (Wildman–Crippen LogP) is 1.75. The average molecular weight is 159 g/mol. The average Bonchev–Trinajstić information content (AvgIpc) is 2.01. The zero-order chi connectivity index (χ0) is 8.69. The molecule has 11 heavy (non-hydrogen) atoms. The second-order valence-corrected chi connectivity index (χ2v) is 2.95. The van der Waals surface area contributed by atoms with Gasteiger partial charge in [-0.25, -0.2) is 0 Å². The first kappa shape index (κ1) is 10.9. The lowest BCUT2D eigenvalue weighted by Crippen LogP contribution is -2.23. The van der Waals surface area contributed by atoms with Crippen LogP contribution in [0.15, 0.2) is 0 Å². The number of rotatable bonds is 6. The Bertz CT molecular complexity index is 85.6. The van der Waals surface area contributed by atoms with Crippen molar-refractivity contribution in [3.63, 3.8) is 0 Å². The minimum absolute atomic E-state index is 0.411. The third-order valence-electron chi connectivity index (χ3n) is 1.91. The summed E-state index contributed by atoms with van der Waals surface area (Å²) in [4.78, 5) is 2.30. The van der Waals surface area contributed by atoms with E-state index in [9.17, 15) is 0 Å². The molecule has 0 aliphatic rings. The van der Waals surface area contributed by atoms with Crippen molar-refractivity contribution < 1.29 is 4.74 Å². The molecule has 1 atom stereocenters. The molecule has 0 saturated heterocycles. The number of hydrogen-bond donors (Lipinski definition) is 0. The maximum atomic E-state index is 5.41. The molecule has 0 N–H and O–H groups in total. The summed E-state index contributed by atoms with van der Waals surface area (Å²) in [5, 5.41) is 0. The van der Waals surface area contributed by atoms with Gasteiger partial charge in [0, 0.05) is 13.2 Å². The van der Waals surface area contributed by atoms with Crippen molar-refractivity contribution in [2.45, 2.75) is 33.3 Å². The second kappa shape index (κ2) is 6.62. The van der Waals surface area contributed by atoms with Crippen molar-refractivity contribution in [2.24, 2.45) is 0 Å². The molecular weight excluding hydrogens is 138 g/mol. The van der Waals surface area contributed by atoms with Gasteiger partial charge in [-0.15, -0.1) is 0 Å². The predicted molar refractivity (Wildman–Crippen MR) is 48.9 cm³/mol. The molecule has 2 heteroatoms. The zero-order valence-corrected chi connectivity index (χ0v) is 8.26. The Morgan fingerprint density at radius 1 is 1.36 bits per heavy atom. The molecule has 0 aliphatic carbocycles. The van der Waals surface area contributed by atoms with Crippen LogP contribution in [0.25, 0.3) is 0 Å². The lowest BCUT2D eigenvalue weighted by Gasteiger charge is -2.17. The van der Waals surface area contributed by atoms with E-state index in [-0.39, 0.29) is 0 Å². The normalized spacial score (nSPS) is 13.9. The molecule has 0 bridgehead atoms. The first-order chi connectivity index (χ1) is 5.20. The standard InChI is InChI=1S/C9H21NO/c1-5-10(4)8-7-9(3)11-6-2/h9H,5-8H2,1-4H3. The van der Waals surface area contributed by atoms with E-state index in [1.165, 1.54) is 0 Å². The van der Waals surface area contributed by atoms with Crippen LogP contribution in [0, 0.1) is 0 Å². The molecule has 0 aliphatic heterocycles. The fraction of sp³-hybridized carbons (Fsp3) is 1.00. The largest absolute Gasteiger partial charge is 0.379 e. The molecule has 2 nitrogen and oxygen atoms in total. The summed E-state index contributed by atoms with van der Waals surface area (Å²) >= 11 is 0. The van der Waals surface area contributed by atoms with Crippen LogP contribution in [-0.2, 0) is 4.74 Å². The Morgan fingerprint density at radius 3 is 2.45 bits per heavy atom. The van der Waals surface area contributed by atoms with Crippen molar-refractivity contribution in [1.29, 1.82) is 0 Å². The maximum absolute atomic E-state index is 5.41. The third kappa shape index (κ3) is 6.32. The summed E-state index contributed by atoms with van der Waals surface area (Å²) in [6.07, 6.45) is 1.55. The van der Waals surface area contributed by atoms with Crippen LogP contribution in [0.4, 0.5) is 0 Å². The first-order valence-corrected chi connectivity index (χ1v) is 4.50. The van der Waals surface area contributed by atoms with Crippen LogP contribution >= 0.6 is 0 Å². The SMILES string of the molecule is CCOC(C)CCN(C)CC. The van der Waals surface area contributed by atoms with Crippen molar-refractivity contribution in [3.8, 4) is 0 Å². The van der Waals surface area contributed by atoms with Crippen molar-refractivity contribution in [3.05, 3.63) is 0 Å². The fourth-order valence-electron chi connectivity index (χ4n) is 0.928. The van der Waals surface area contributed by atoms with Crippen LogP contribution in [0.3, 0.4) is 0 Å². The molecule has 0 fully saturated rings. The van der Waals surface area contributed by atoms with Crippen molar-refractivity contribution >= 4 is 0 Å². The van der Waals surface area contributed by atoms with Gasteiger partial charge < -0.3 is 9.64 Å². The Morgan fingerprint density at radius 2 is 2.00 bits per heavy atom. The number of nitrogens with zero attached hydrogens (tertiary/aromatic N) is 1. The van der Waals surface area contributed by atoms with Gasteiger partial charge in [-0.2, -0.15) is 0 Å². The first-order valence-electron chi connectivity index (χ1n) is 4.50. The summed E-state index contributed by atoms with van der Waals surface area (Å²) in [6.45, 7) is 9.44. The van der Waals surface area contributed by atoms with E-state index in [2.05, 4.69) is 25.8 Å². The van der Waals surface area contributed by atoms with Crippen LogP contribution in [0.5, 0.6) is 0 Å². The number of ether oxygens (including phenoxy) is 1. The molecule has 0 aromatic rings. The summed E-state index contributed by atoms with van der Waals surface area (Å²) in [5.41, 5.74) is 0. The Kier molecular flexibility index (Phi) is 6.57. The molecule has 0 heterocycles. The van der Waals surface area contributed by atoms with Gasteiger partial charge in [-0.1, -0.05) is 6.92 Å². The highest BCUT2D eigenvalue weighted by atomic mass is 16.5. The van der Waals surface area contributed by atoms with Gasteiger partial charge in [-0.3, -0.25) is 0 Å². The molecule has 0 saturated carbocycles. The van der Waals surface area contributed by atoms with Gasteiger partial charge in [0.25, 0.3) is 0 Å². The van der Waals surface area contributed by atoms with E-state index in [1.807, 2.05) is 6.92 Å². The van der Waals surface area contributed by atoms with Gasteiger partial charge in [0.05, 0.1) is 6.10 Å². The van der Waals surface area contributed by atoms with Gasteiger partial charge >= 0.3 is 0 Å². The topological polar surface area (TPSA) is 12.5 Å². The summed E-state index contributed by atoms with van der Waals surface area (Å²) < 4.78 is 5.41. The molecule has 0 aromatic heterocycles. The summed E-state index contributed by atoms with van der Waals surface area (Å²) in [7, 11) is 2.14. The van der Waals surface area contributed by atoms with Gasteiger partial charge in [0.15, 0.2) is 0 Å². The Labute approximate surface area is 70.5 Å². The fourth-order valence-corrected chi connectivity index (χ4v) is 0.928. The van der Waals surface area contributed by atoms with Gasteiger partial charge in [-0.05, 0) is 33.9 Å². The van der Waals surface area contributed by atoms with E-state index >= 15 is 0 Å². The Balaban J connectivity index is 3.22. The van der Waals surface area contributed by atoms with Crippen LogP contribution < -0.4 is 0 Å². The van der Waals surface area contributed by atoms with E-state index in [1.54, 1.807) is 0 Å². The molecule has 0 amide bonds. The third-order valence-corrected chi connectivity index (χ3v) is 1.91. The van der Waals surface area contributed by atoms with E-state index in [4.69, 9.17) is 4.74 Å². The summed E-state index contributed by atoms with van der Waals surface area (Å²) in [5.74, 6) is 0. The monoisotopic (exact) mass is 159 g/mol. The minimum Gasteiger partial charge on any atom is -0.379 e. The minimum atomic E-state index is 0.411. The maximum Gasteiger partial charge on any atom is 0.0559 e. The van der Waals surface area contributed by atoms with E-state index in [0.29, 0.717) is 6.10 Å². The molecule has 0 spiro atoms. The van der Waals surface area contributed by atoms with Crippen molar-refractivity contribution in [1.82, 2.24) is 4.90 Å². The lowest BCUT2D eigenvalue weighted by atomic mass is 10.3. The second-order valence-electron chi connectivity index (χ2n) is 2.95. The highest BCUT2D eigenvalue weighted by Crippen LogP contribution is 1.98. The Hall–Kier alpha value is -0.0800. The lowest BCUT2D eigenvalue weighted by molar-refractivity contribution is 0.0638. The van der Waals surface area contributed by atoms with E-state index < -0.39 is 0 Å².